The normalized spacial score (nSPS) is 56.5. The minimum atomic E-state index is -0.0541. The first-order valence-electron chi connectivity index (χ1n) is 9.16. The lowest BCUT2D eigenvalue weighted by Gasteiger charge is -2.60. The van der Waals surface area contributed by atoms with Crippen molar-refractivity contribution in [2.75, 3.05) is 0 Å². The fourth-order valence-electron chi connectivity index (χ4n) is 7.01. The molecule has 4 fully saturated rings. The number of rotatable bonds is 0. The third kappa shape index (κ3) is 1.84. The van der Waals surface area contributed by atoms with E-state index in [1.807, 2.05) is 0 Å². The molecule has 0 bridgehead atoms. The van der Waals surface area contributed by atoms with Gasteiger partial charge in [-0.2, -0.15) is 0 Å². The first-order valence-corrected chi connectivity index (χ1v) is 9.16. The summed E-state index contributed by atoms with van der Waals surface area (Å²) in [5.41, 5.74) is 0.452. The third-order valence-corrected chi connectivity index (χ3v) is 8.35. The molecule has 2 nitrogen and oxygen atoms in total. The van der Waals surface area contributed by atoms with Crippen LogP contribution in [0, 0.1) is 34.5 Å². The molecular weight excluding hydrogens is 260 g/mol. The Hall–Kier alpha value is -0.370. The summed E-state index contributed by atoms with van der Waals surface area (Å²) in [5.74, 6) is 3.54. The zero-order valence-corrected chi connectivity index (χ0v) is 13.6. The van der Waals surface area contributed by atoms with E-state index in [1.54, 1.807) is 0 Å². The Morgan fingerprint density at radius 1 is 1.00 bits per heavy atom. The van der Waals surface area contributed by atoms with E-state index in [4.69, 9.17) is 0 Å². The molecule has 0 amide bonds. The van der Waals surface area contributed by atoms with Crippen LogP contribution >= 0.6 is 0 Å². The predicted molar refractivity (Wildman–Crippen MR) is 82.7 cm³/mol. The van der Waals surface area contributed by atoms with Crippen LogP contribution in [0.5, 0.6) is 0 Å². The number of ketones is 1. The highest BCUT2D eigenvalue weighted by molar-refractivity contribution is 5.87. The molecule has 0 spiro atoms. The molecule has 0 heterocycles. The molecule has 0 aliphatic heterocycles. The molecule has 4 aliphatic rings. The topological polar surface area (TPSA) is 37.3 Å². The fraction of sp³-hybridized carbons (Fsp3) is 0.947. The average Bonchev–Trinajstić information content (AvgIpc) is 2.76. The summed E-state index contributed by atoms with van der Waals surface area (Å²) in [5, 5.41) is 10.0. The van der Waals surface area contributed by atoms with Gasteiger partial charge in [-0.25, -0.2) is 0 Å². The van der Waals surface area contributed by atoms with E-state index in [-0.39, 0.29) is 11.5 Å². The summed E-state index contributed by atoms with van der Waals surface area (Å²) < 4.78 is 0. The van der Waals surface area contributed by atoms with Gasteiger partial charge >= 0.3 is 0 Å². The maximum atomic E-state index is 12.4. The van der Waals surface area contributed by atoms with Gasteiger partial charge in [0.25, 0.3) is 0 Å². The summed E-state index contributed by atoms with van der Waals surface area (Å²) >= 11 is 0. The molecule has 21 heavy (non-hydrogen) atoms. The Balaban J connectivity index is 1.64. The van der Waals surface area contributed by atoms with E-state index in [9.17, 15) is 9.90 Å². The second-order valence-electron chi connectivity index (χ2n) is 9.00. The predicted octanol–water partition coefficient (Wildman–Crippen LogP) is 3.96. The van der Waals surface area contributed by atoms with Crippen LogP contribution in [0.1, 0.15) is 71.6 Å². The molecule has 0 aromatic carbocycles. The molecule has 2 heteroatoms. The molecule has 7 atom stereocenters. The summed E-state index contributed by atoms with van der Waals surface area (Å²) in [4.78, 5) is 12.4. The van der Waals surface area contributed by atoms with Gasteiger partial charge in [-0.3, -0.25) is 4.79 Å². The van der Waals surface area contributed by atoms with E-state index in [0.717, 1.165) is 49.9 Å². The zero-order valence-electron chi connectivity index (χ0n) is 13.6. The summed E-state index contributed by atoms with van der Waals surface area (Å²) in [6.07, 6.45) is 10.1. The highest BCUT2D eigenvalue weighted by Crippen LogP contribution is 2.65. The molecule has 118 valence electrons. The molecule has 4 saturated carbocycles. The summed E-state index contributed by atoms with van der Waals surface area (Å²) in [6.45, 7) is 4.78. The van der Waals surface area contributed by atoms with E-state index >= 15 is 0 Å². The van der Waals surface area contributed by atoms with Gasteiger partial charge in [-0.05, 0) is 80.5 Å². The van der Waals surface area contributed by atoms with Crippen molar-refractivity contribution in [2.45, 2.75) is 77.7 Å². The van der Waals surface area contributed by atoms with E-state index in [1.165, 1.54) is 25.7 Å². The third-order valence-electron chi connectivity index (χ3n) is 8.35. The van der Waals surface area contributed by atoms with Crippen LogP contribution in [0.3, 0.4) is 0 Å². The van der Waals surface area contributed by atoms with E-state index in [2.05, 4.69) is 13.8 Å². The fourth-order valence-corrected chi connectivity index (χ4v) is 7.01. The smallest absolute Gasteiger partial charge is 0.139 e. The molecule has 2 unspecified atom stereocenters. The first-order chi connectivity index (χ1) is 9.95. The quantitative estimate of drug-likeness (QED) is 0.733. The Labute approximate surface area is 128 Å². The SMILES string of the molecule is C[C@]12CC[C@@H](O)CC1CC[C@@H]1C3CCC(=O)[C@@]3(C)CC[C@H]12. The van der Waals surface area contributed by atoms with Gasteiger partial charge in [0.05, 0.1) is 6.10 Å². The van der Waals surface area contributed by atoms with Gasteiger partial charge in [0.15, 0.2) is 0 Å². The Kier molecular flexibility index (Phi) is 3.10. The van der Waals surface area contributed by atoms with Crippen LogP contribution in [0.25, 0.3) is 0 Å². The van der Waals surface area contributed by atoms with Gasteiger partial charge in [0, 0.05) is 11.8 Å². The van der Waals surface area contributed by atoms with Crippen LogP contribution in [0.4, 0.5) is 0 Å². The van der Waals surface area contributed by atoms with Crippen LogP contribution in [0.2, 0.25) is 0 Å². The molecular formula is C19H30O2. The Bertz CT molecular complexity index is 458. The lowest BCUT2D eigenvalue weighted by molar-refractivity contribution is -0.142. The van der Waals surface area contributed by atoms with Crippen molar-refractivity contribution in [3.63, 3.8) is 0 Å². The van der Waals surface area contributed by atoms with Crippen LogP contribution in [-0.2, 0) is 4.79 Å². The highest BCUT2D eigenvalue weighted by atomic mass is 16.3. The number of aliphatic hydroxyl groups is 1. The molecule has 1 N–H and O–H groups in total. The van der Waals surface area contributed by atoms with Gasteiger partial charge in [0.1, 0.15) is 5.78 Å². The zero-order chi connectivity index (χ0) is 14.8. The average molecular weight is 290 g/mol. The second kappa shape index (κ2) is 4.57. The van der Waals surface area contributed by atoms with Crippen LogP contribution < -0.4 is 0 Å². The van der Waals surface area contributed by atoms with Crippen molar-refractivity contribution in [1.29, 1.82) is 0 Å². The Morgan fingerprint density at radius 3 is 2.62 bits per heavy atom. The number of hydrogen-bond acceptors (Lipinski definition) is 2. The number of carbonyl (C=O) groups excluding carboxylic acids is 1. The lowest BCUT2D eigenvalue weighted by Crippen LogP contribution is -2.54. The first kappa shape index (κ1) is 14.2. The summed E-state index contributed by atoms with van der Waals surface area (Å²) in [7, 11) is 0. The van der Waals surface area contributed by atoms with Crippen molar-refractivity contribution in [2.24, 2.45) is 34.5 Å². The maximum Gasteiger partial charge on any atom is 0.139 e. The second-order valence-corrected chi connectivity index (χ2v) is 9.00. The van der Waals surface area contributed by atoms with Gasteiger partial charge < -0.3 is 5.11 Å². The van der Waals surface area contributed by atoms with Gasteiger partial charge in [0.2, 0.25) is 0 Å². The summed E-state index contributed by atoms with van der Waals surface area (Å²) in [6, 6.07) is 0. The Morgan fingerprint density at radius 2 is 1.81 bits per heavy atom. The van der Waals surface area contributed by atoms with Crippen molar-refractivity contribution in [3.8, 4) is 0 Å². The number of carbonyl (C=O) groups is 1. The van der Waals surface area contributed by atoms with Crippen molar-refractivity contribution >= 4 is 5.78 Å². The van der Waals surface area contributed by atoms with E-state index < -0.39 is 0 Å². The standard InChI is InChI=1S/C19H30O2/c1-18-9-7-13(20)11-12(18)3-4-14-15-5-6-17(21)19(15,2)10-8-16(14)18/h12-16,20H,3-11H2,1-2H3/t12?,13-,14-,15?,16-,18+,19+/m1/s1. The van der Waals surface area contributed by atoms with Crippen molar-refractivity contribution in [1.82, 2.24) is 0 Å². The minimum absolute atomic E-state index is 0.0124. The van der Waals surface area contributed by atoms with Crippen LogP contribution in [-0.4, -0.2) is 17.0 Å². The molecule has 0 aromatic rings. The van der Waals surface area contributed by atoms with Gasteiger partial charge in [-0.15, -0.1) is 0 Å². The van der Waals surface area contributed by atoms with Crippen LogP contribution in [0.15, 0.2) is 0 Å². The number of Topliss-reactive ketones (excluding diaryl/α,β-unsaturated/α-hetero) is 1. The number of aliphatic hydroxyl groups excluding tert-OH is 1. The van der Waals surface area contributed by atoms with Crippen molar-refractivity contribution < 1.29 is 9.90 Å². The minimum Gasteiger partial charge on any atom is -0.393 e. The monoisotopic (exact) mass is 290 g/mol. The molecule has 0 aromatic heterocycles. The number of fused-ring (bicyclic) bond motifs is 5. The molecule has 0 radical (unpaired) electrons. The van der Waals surface area contributed by atoms with Gasteiger partial charge in [-0.1, -0.05) is 13.8 Å². The highest BCUT2D eigenvalue weighted by Gasteiger charge is 2.60. The maximum absolute atomic E-state index is 12.4. The molecule has 4 rings (SSSR count). The lowest BCUT2D eigenvalue weighted by atomic mass is 9.45. The molecule has 4 aliphatic carbocycles. The number of hydrogen-bond donors (Lipinski definition) is 1. The van der Waals surface area contributed by atoms with Crippen molar-refractivity contribution in [3.05, 3.63) is 0 Å². The molecule has 0 saturated heterocycles. The van der Waals surface area contributed by atoms with E-state index in [0.29, 0.717) is 17.1 Å². The largest absolute Gasteiger partial charge is 0.393 e.